The third-order valence-corrected chi connectivity index (χ3v) is 2.44. The second-order valence-corrected chi connectivity index (χ2v) is 3.42. The lowest BCUT2D eigenvalue weighted by Gasteiger charge is -2.03. The highest BCUT2D eigenvalue weighted by Crippen LogP contribution is 2.14. The maximum atomic E-state index is 10.5. The summed E-state index contributed by atoms with van der Waals surface area (Å²) in [6.45, 7) is 3.82. The summed E-state index contributed by atoms with van der Waals surface area (Å²) < 4.78 is 1.79. The van der Waals surface area contributed by atoms with Crippen molar-refractivity contribution in [3.8, 4) is 5.82 Å². The van der Waals surface area contributed by atoms with Gasteiger partial charge in [0.2, 0.25) is 0 Å². The fourth-order valence-corrected chi connectivity index (χ4v) is 1.36. The van der Waals surface area contributed by atoms with E-state index in [-0.39, 0.29) is 5.69 Å². The van der Waals surface area contributed by atoms with Gasteiger partial charge in [-0.3, -0.25) is 14.7 Å². The molecule has 0 aromatic carbocycles. The summed E-state index contributed by atoms with van der Waals surface area (Å²) in [6.07, 6.45) is 2.89. The van der Waals surface area contributed by atoms with Crippen molar-refractivity contribution in [3.63, 3.8) is 0 Å². The number of nitrogens with zero attached hydrogens (tertiary/aromatic N) is 4. The number of imidazole rings is 1. The van der Waals surface area contributed by atoms with Crippen LogP contribution in [0.2, 0.25) is 0 Å². The number of hydrogen-bond acceptors (Lipinski definition) is 4. The summed E-state index contributed by atoms with van der Waals surface area (Å²) >= 11 is 0. The van der Waals surface area contributed by atoms with Gasteiger partial charge in [0.15, 0.2) is 0 Å². The molecule has 2 aromatic heterocycles. The molecule has 0 unspecified atom stereocenters. The minimum atomic E-state index is -0.469. The molecule has 0 bridgehead atoms. The average Bonchev–Trinajstić information content (AvgIpc) is 2.60. The Hall–Kier alpha value is -2.24. The topological polar surface area (TPSA) is 73.8 Å². The van der Waals surface area contributed by atoms with Gasteiger partial charge >= 0.3 is 0 Å². The van der Waals surface area contributed by atoms with Crippen LogP contribution in [0.25, 0.3) is 5.82 Å². The van der Waals surface area contributed by atoms with E-state index in [0.717, 1.165) is 11.4 Å². The predicted molar refractivity (Wildman–Crippen MR) is 57.5 cm³/mol. The molecule has 0 fully saturated rings. The molecule has 0 saturated heterocycles. The van der Waals surface area contributed by atoms with E-state index in [2.05, 4.69) is 9.97 Å². The Morgan fingerprint density at radius 1 is 1.31 bits per heavy atom. The molecule has 16 heavy (non-hydrogen) atoms. The van der Waals surface area contributed by atoms with Crippen molar-refractivity contribution in [2.45, 2.75) is 13.8 Å². The molecule has 6 heteroatoms. The van der Waals surface area contributed by atoms with Gasteiger partial charge in [0.25, 0.3) is 5.69 Å². The van der Waals surface area contributed by atoms with Gasteiger partial charge in [-0.15, -0.1) is 0 Å². The molecule has 0 aliphatic heterocycles. The third-order valence-electron chi connectivity index (χ3n) is 2.44. The molecular formula is C10H10N4O2. The molecule has 0 amide bonds. The second kappa shape index (κ2) is 3.73. The van der Waals surface area contributed by atoms with Gasteiger partial charge in [-0.1, -0.05) is 0 Å². The molecule has 0 atom stereocenters. The first kappa shape index (κ1) is 10.3. The zero-order valence-electron chi connectivity index (χ0n) is 8.91. The first-order valence-corrected chi connectivity index (χ1v) is 4.71. The van der Waals surface area contributed by atoms with Gasteiger partial charge in [-0.25, -0.2) is 9.97 Å². The van der Waals surface area contributed by atoms with E-state index >= 15 is 0 Å². The highest BCUT2D eigenvalue weighted by atomic mass is 16.6. The fourth-order valence-electron chi connectivity index (χ4n) is 1.36. The van der Waals surface area contributed by atoms with E-state index in [1.54, 1.807) is 17.0 Å². The molecule has 0 aliphatic carbocycles. The standard InChI is InChI=1S/C10H10N4O2/c1-7-8(2)13(6-12-7)10-4-3-9(5-11-10)14(15)16/h3-6H,1-2H3. The van der Waals surface area contributed by atoms with E-state index in [9.17, 15) is 10.1 Å². The van der Waals surface area contributed by atoms with Crippen LogP contribution in [0.3, 0.4) is 0 Å². The minimum Gasteiger partial charge on any atom is -0.287 e. The molecule has 6 nitrogen and oxygen atoms in total. The smallest absolute Gasteiger partial charge is 0.287 e. The number of aryl methyl sites for hydroxylation is 1. The van der Waals surface area contributed by atoms with Gasteiger partial charge in [0.05, 0.1) is 10.6 Å². The molecule has 0 aliphatic rings. The largest absolute Gasteiger partial charge is 0.287 e. The van der Waals surface area contributed by atoms with Gasteiger partial charge in [-0.05, 0) is 19.9 Å². The van der Waals surface area contributed by atoms with Gasteiger partial charge in [-0.2, -0.15) is 0 Å². The molecule has 0 N–H and O–H groups in total. The van der Waals surface area contributed by atoms with Crippen LogP contribution in [0.4, 0.5) is 5.69 Å². The lowest BCUT2D eigenvalue weighted by molar-refractivity contribution is -0.385. The summed E-state index contributed by atoms with van der Waals surface area (Å²) in [7, 11) is 0. The van der Waals surface area contributed by atoms with E-state index in [1.807, 2.05) is 13.8 Å². The lowest BCUT2D eigenvalue weighted by atomic mass is 10.3. The zero-order valence-corrected chi connectivity index (χ0v) is 8.91. The van der Waals surface area contributed by atoms with Crippen LogP contribution in [-0.2, 0) is 0 Å². The van der Waals surface area contributed by atoms with E-state index in [0.29, 0.717) is 5.82 Å². The highest BCUT2D eigenvalue weighted by Gasteiger charge is 2.08. The van der Waals surface area contributed by atoms with Crippen LogP contribution in [0, 0.1) is 24.0 Å². The molecule has 2 heterocycles. The van der Waals surface area contributed by atoms with E-state index < -0.39 is 4.92 Å². The van der Waals surface area contributed by atoms with E-state index in [1.165, 1.54) is 12.3 Å². The number of aromatic nitrogens is 3. The van der Waals surface area contributed by atoms with Gasteiger partial charge in [0.1, 0.15) is 18.3 Å². The molecule has 0 saturated carbocycles. The Labute approximate surface area is 91.7 Å². The lowest BCUT2D eigenvalue weighted by Crippen LogP contribution is -1.99. The van der Waals surface area contributed by atoms with Crippen molar-refractivity contribution >= 4 is 5.69 Å². The van der Waals surface area contributed by atoms with Crippen molar-refractivity contribution in [2.75, 3.05) is 0 Å². The highest BCUT2D eigenvalue weighted by molar-refractivity contribution is 5.34. The Bertz CT molecular complexity index is 530. The number of nitro groups is 1. The van der Waals surface area contributed by atoms with Crippen molar-refractivity contribution in [3.05, 3.63) is 46.2 Å². The Balaban J connectivity index is 2.42. The van der Waals surface area contributed by atoms with Crippen LogP contribution < -0.4 is 0 Å². The maximum absolute atomic E-state index is 10.5. The predicted octanol–water partition coefficient (Wildman–Crippen LogP) is 1.79. The first-order valence-electron chi connectivity index (χ1n) is 4.71. The van der Waals surface area contributed by atoms with Crippen molar-refractivity contribution < 1.29 is 4.92 Å². The average molecular weight is 218 g/mol. The maximum Gasteiger partial charge on any atom is 0.287 e. The van der Waals surface area contributed by atoms with Crippen LogP contribution in [0.15, 0.2) is 24.7 Å². The quantitative estimate of drug-likeness (QED) is 0.569. The third kappa shape index (κ3) is 1.65. The molecule has 2 aromatic rings. The monoisotopic (exact) mass is 218 g/mol. The van der Waals surface area contributed by atoms with Crippen molar-refractivity contribution in [2.24, 2.45) is 0 Å². The van der Waals surface area contributed by atoms with Crippen LogP contribution in [0.1, 0.15) is 11.4 Å². The summed E-state index contributed by atoms with van der Waals surface area (Å²) in [4.78, 5) is 18.2. The number of pyridine rings is 1. The van der Waals surface area contributed by atoms with Gasteiger partial charge < -0.3 is 0 Å². The Kier molecular flexibility index (Phi) is 2.40. The SMILES string of the molecule is Cc1ncn(-c2ccc([N+](=O)[O-])cn2)c1C. The second-order valence-electron chi connectivity index (χ2n) is 3.42. The Morgan fingerprint density at radius 2 is 2.06 bits per heavy atom. The van der Waals surface area contributed by atoms with Crippen LogP contribution >= 0.6 is 0 Å². The Morgan fingerprint density at radius 3 is 2.50 bits per heavy atom. The summed E-state index contributed by atoms with van der Waals surface area (Å²) in [5.41, 5.74) is 1.87. The molecule has 0 spiro atoms. The fraction of sp³-hybridized carbons (Fsp3) is 0.200. The first-order chi connectivity index (χ1) is 7.59. The zero-order chi connectivity index (χ0) is 11.7. The van der Waals surface area contributed by atoms with Gasteiger partial charge in [0, 0.05) is 11.8 Å². The summed E-state index contributed by atoms with van der Waals surface area (Å²) in [6, 6.07) is 3.03. The van der Waals surface area contributed by atoms with E-state index in [4.69, 9.17) is 0 Å². The summed E-state index contributed by atoms with van der Waals surface area (Å²) in [5, 5.41) is 10.5. The molecule has 0 radical (unpaired) electrons. The molecular weight excluding hydrogens is 208 g/mol. The molecule has 2 rings (SSSR count). The van der Waals surface area contributed by atoms with Crippen LogP contribution in [-0.4, -0.2) is 19.5 Å². The van der Waals surface area contributed by atoms with Crippen molar-refractivity contribution in [1.29, 1.82) is 0 Å². The molecule has 82 valence electrons. The minimum absolute atomic E-state index is 0.0155. The normalized spacial score (nSPS) is 10.4. The van der Waals surface area contributed by atoms with Crippen LogP contribution in [0.5, 0.6) is 0 Å². The number of hydrogen-bond donors (Lipinski definition) is 0. The van der Waals surface area contributed by atoms with Crippen molar-refractivity contribution in [1.82, 2.24) is 14.5 Å². The summed E-state index contributed by atoms with van der Waals surface area (Å²) in [5.74, 6) is 0.628. The number of rotatable bonds is 2.